The maximum Gasteiger partial charge on any atom is 0.123 e. The minimum absolute atomic E-state index is 0.148. The zero-order chi connectivity index (χ0) is 25.5. The lowest BCUT2D eigenvalue weighted by molar-refractivity contribution is 0.202. The molecule has 0 saturated carbocycles. The fourth-order valence-electron chi connectivity index (χ4n) is 3.85. The second kappa shape index (κ2) is 9.24. The van der Waals surface area contributed by atoms with E-state index in [0.717, 1.165) is 54.1 Å². The van der Waals surface area contributed by atoms with Crippen molar-refractivity contribution in [3.05, 3.63) is 72.8 Å². The van der Waals surface area contributed by atoms with Crippen LogP contribution in [0, 0.1) is 0 Å². The predicted molar refractivity (Wildman–Crippen MR) is 141 cm³/mol. The average molecular weight is 504 g/mol. The first-order valence-electron chi connectivity index (χ1n) is 12.7. The Kier molecular flexibility index (Phi) is 6.02. The van der Waals surface area contributed by atoms with Gasteiger partial charge >= 0.3 is 0 Å². The number of rotatable bonds is 12. The summed E-state index contributed by atoms with van der Waals surface area (Å²) in [6.45, 7) is 10.1. The lowest BCUT2D eigenvalue weighted by Crippen LogP contribution is -2.17. The molecular formula is C30H33NO6. The Hall–Kier alpha value is -3.26. The van der Waals surface area contributed by atoms with E-state index in [1.165, 1.54) is 0 Å². The molecule has 3 aromatic carbocycles. The number of anilines is 3. The van der Waals surface area contributed by atoms with E-state index in [1.54, 1.807) is 0 Å². The summed E-state index contributed by atoms with van der Waals surface area (Å²) in [4.78, 5) is 2.19. The van der Waals surface area contributed by atoms with Crippen LogP contribution in [0.4, 0.5) is 17.1 Å². The van der Waals surface area contributed by atoms with Crippen molar-refractivity contribution in [2.75, 3.05) is 44.5 Å². The van der Waals surface area contributed by atoms with Gasteiger partial charge in [0.1, 0.15) is 53.9 Å². The zero-order valence-electron chi connectivity index (χ0n) is 21.6. The Morgan fingerprint density at radius 1 is 0.514 bits per heavy atom. The molecular weight excluding hydrogens is 470 g/mol. The summed E-state index contributed by atoms with van der Waals surface area (Å²) < 4.78 is 34.1. The van der Waals surface area contributed by atoms with Crippen LogP contribution >= 0.6 is 0 Å². The van der Waals surface area contributed by atoms with Crippen molar-refractivity contribution in [2.45, 2.75) is 37.6 Å². The predicted octanol–water partition coefficient (Wildman–Crippen LogP) is 5.66. The Morgan fingerprint density at radius 2 is 0.757 bits per heavy atom. The van der Waals surface area contributed by atoms with Gasteiger partial charge in [0.25, 0.3) is 0 Å². The molecule has 3 aliphatic heterocycles. The van der Waals surface area contributed by atoms with Gasteiger partial charge in [-0.15, -0.1) is 0 Å². The van der Waals surface area contributed by atoms with Crippen LogP contribution in [0.3, 0.4) is 0 Å². The van der Waals surface area contributed by atoms with Crippen LogP contribution < -0.4 is 19.1 Å². The molecule has 0 amide bonds. The third-order valence-electron chi connectivity index (χ3n) is 6.83. The lowest BCUT2D eigenvalue weighted by atomic mass is 10.1. The highest BCUT2D eigenvalue weighted by Crippen LogP contribution is 2.38. The quantitative estimate of drug-likeness (QED) is 0.296. The van der Waals surface area contributed by atoms with E-state index in [4.69, 9.17) is 28.4 Å². The molecule has 194 valence electrons. The van der Waals surface area contributed by atoms with Crippen molar-refractivity contribution in [1.82, 2.24) is 0 Å². The number of ether oxygens (including phenoxy) is 6. The summed E-state index contributed by atoms with van der Waals surface area (Å²) in [6, 6.07) is 24.4. The van der Waals surface area contributed by atoms with Gasteiger partial charge in [0.05, 0.1) is 19.8 Å². The molecule has 3 saturated heterocycles. The molecule has 3 unspecified atom stereocenters. The fourth-order valence-corrected chi connectivity index (χ4v) is 3.85. The zero-order valence-corrected chi connectivity index (χ0v) is 21.6. The molecule has 7 nitrogen and oxygen atoms in total. The summed E-state index contributed by atoms with van der Waals surface area (Å²) in [6.07, 6.45) is 0. The summed E-state index contributed by atoms with van der Waals surface area (Å²) in [5.41, 5.74) is 2.60. The van der Waals surface area contributed by atoms with E-state index < -0.39 is 0 Å². The normalized spacial score (nSPS) is 27.3. The van der Waals surface area contributed by atoms with Gasteiger partial charge in [-0.3, -0.25) is 0 Å². The van der Waals surface area contributed by atoms with E-state index in [1.807, 2.05) is 36.4 Å². The first-order chi connectivity index (χ1) is 17.8. The molecule has 0 bridgehead atoms. The summed E-state index contributed by atoms with van der Waals surface area (Å²) in [5.74, 6) is 2.46. The second-order valence-corrected chi connectivity index (χ2v) is 10.9. The number of epoxide rings is 3. The third kappa shape index (κ3) is 6.01. The summed E-state index contributed by atoms with van der Waals surface area (Å²) >= 11 is 0. The molecule has 0 spiro atoms. The monoisotopic (exact) mass is 503 g/mol. The topological polar surface area (TPSA) is 68.5 Å². The fraction of sp³-hybridized carbons (Fsp3) is 0.400. The first-order valence-corrected chi connectivity index (χ1v) is 12.7. The molecule has 37 heavy (non-hydrogen) atoms. The number of hydrogen-bond acceptors (Lipinski definition) is 7. The van der Waals surface area contributed by atoms with Crippen molar-refractivity contribution in [2.24, 2.45) is 0 Å². The van der Waals surface area contributed by atoms with Crippen LogP contribution in [0.25, 0.3) is 0 Å². The van der Waals surface area contributed by atoms with Gasteiger partial charge < -0.3 is 33.3 Å². The molecule has 6 rings (SSSR count). The van der Waals surface area contributed by atoms with Crippen LogP contribution in [0.2, 0.25) is 0 Å². The van der Waals surface area contributed by atoms with E-state index in [-0.39, 0.29) is 16.8 Å². The molecule has 3 fully saturated rings. The highest BCUT2D eigenvalue weighted by atomic mass is 16.6. The maximum atomic E-state index is 5.93. The summed E-state index contributed by atoms with van der Waals surface area (Å²) in [7, 11) is 0. The van der Waals surface area contributed by atoms with Crippen LogP contribution in [0.1, 0.15) is 20.8 Å². The van der Waals surface area contributed by atoms with Crippen LogP contribution in [-0.2, 0) is 14.2 Å². The molecule has 3 aliphatic rings. The van der Waals surface area contributed by atoms with Gasteiger partial charge in [0.15, 0.2) is 0 Å². The average Bonchev–Trinajstić information content (AvgIpc) is 3.86. The van der Waals surface area contributed by atoms with Gasteiger partial charge in [-0.05, 0) is 93.6 Å². The second-order valence-electron chi connectivity index (χ2n) is 10.9. The Morgan fingerprint density at radius 3 is 0.973 bits per heavy atom. The van der Waals surface area contributed by atoms with Gasteiger partial charge in [-0.1, -0.05) is 0 Å². The number of benzene rings is 3. The number of hydrogen-bond donors (Lipinski definition) is 0. The third-order valence-corrected chi connectivity index (χ3v) is 6.83. The van der Waals surface area contributed by atoms with Crippen molar-refractivity contribution >= 4 is 17.1 Å². The summed E-state index contributed by atoms with van der Waals surface area (Å²) in [5, 5.41) is 0. The minimum Gasteiger partial charge on any atom is -0.491 e. The molecule has 3 atom stereocenters. The van der Waals surface area contributed by atoms with Gasteiger partial charge in [0.2, 0.25) is 0 Å². The Balaban J connectivity index is 1.21. The molecule has 0 radical (unpaired) electrons. The molecule has 3 heterocycles. The van der Waals surface area contributed by atoms with Crippen LogP contribution in [-0.4, -0.2) is 56.4 Å². The van der Waals surface area contributed by atoms with Gasteiger partial charge in [0, 0.05) is 17.1 Å². The molecule has 3 aromatic rings. The van der Waals surface area contributed by atoms with Crippen molar-refractivity contribution in [3.63, 3.8) is 0 Å². The van der Waals surface area contributed by atoms with E-state index in [2.05, 4.69) is 62.1 Å². The Labute approximate surface area is 217 Å². The van der Waals surface area contributed by atoms with E-state index >= 15 is 0 Å². The molecule has 0 N–H and O–H groups in total. The van der Waals surface area contributed by atoms with E-state index in [0.29, 0.717) is 19.8 Å². The highest BCUT2D eigenvalue weighted by Gasteiger charge is 2.41. The molecule has 7 heteroatoms. The van der Waals surface area contributed by atoms with Crippen molar-refractivity contribution in [3.8, 4) is 17.2 Å². The number of nitrogens with zero attached hydrogens (tertiary/aromatic N) is 1. The van der Waals surface area contributed by atoms with Crippen molar-refractivity contribution in [1.29, 1.82) is 0 Å². The Bertz CT molecular complexity index is 1060. The van der Waals surface area contributed by atoms with Crippen LogP contribution in [0.5, 0.6) is 17.2 Å². The first kappa shape index (κ1) is 24.1. The minimum atomic E-state index is -0.148. The van der Waals surface area contributed by atoms with Crippen molar-refractivity contribution < 1.29 is 28.4 Å². The maximum absolute atomic E-state index is 5.93. The highest BCUT2D eigenvalue weighted by molar-refractivity contribution is 5.77. The van der Waals surface area contributed by atoms with Gasteiger partial charge in [-0.25, -0.2) is 0 Å². The van der Waals surface area contributed by atoms with Crippen LogP contribution in [0.15, 0.2) is 72.8 Å². The smallest absolute Gasteiger partial charge is 0.123 e. The standard InChI is InChI=1S/C30H33NO6/c1-28(19-35-28)16-32-25-10-4-22(5-11-25)31(23-6-12-26(13-7-23)33-17-29(2)20-36-29)24-8-14-27(15-9-24)34-18-30(3)21-37-30/h4-15H,16-21H2,1-3H3. The van der Waals surface area contributed by atoms with Gasteiger partial charge in [-0.2, -0.15) is 0 Å². The molecule has 0 aliphatic carbocycles. The largest absolute Gasteiger partial charge is 0.491 e. The lowest BCUT2D eigenvalue weighted by Gasteiger charge is -2.26. The SMILES string of the molecule is CC1(COc2ccc(N(c3ccc(OCC4(C)CO4)cc3)c3ccc(OCC4(C)CO4)cc3)cc2)CO1. The van der Waals surface area contributed by atoms with E-state index in [9.17, 15) is 0 Å². The molecule has 0 aromatic heterocycles.